The number of rotatable bonds is 1. The Kier molecular flexibility index (Phi) is 4.30. The van der Waals surface area contributed by atoms with Crippen molar-refractivity contribution in [2.24, 2.45) is 5.92 Å². The second-order valence-electron chi connectivity index (χ2n) is 6.65. The van der Waals surface area contributed by atoms with E-state index in [1.54, 1.807) is 4.90 Å². The van der Waals surface area contributed by atoms with Crippen LogP contribution >= 0.6 is 0 Å². The van der Waals surface area contributed by atoms with Crippen molar-refractivity contribution in [3.8, 4) is 0 Å². The molecular weight excluding hydrogens is 280 g/mol. The molecule has 0 aromatic rings. The molecular formula is C13H24N2O4S. The van der Waals surface area contributed by atoms with Crippen molar-refractivity contribution in [3.05, 3.63) is 0 Å². The molecule has 6 nitrogen and oxygen atoms in total. The lowest BCUT2D eigenvalue weighted by Crippen LogP contribution is -2.56. The maximum atomic E-state index is 12.1. The summed E-state index contributed by atoms with van der Waals surface area (Å²) in [5.74, 6) is 0.597. The first-order valence-corrected chi connectivity index (χ1v) is 8.90. The Morgan fingerprint density at radius 3 is 2.60 bits per heavy atom. The highest BCUT2D eigenvalue weighted by molar-refractivity contribution is 7.91. The molecule has 0 radical (unpaired) electrons. The lowest BCUT2D eigenvalue weighted by atomic mass is 9.97. The van der Waals surface area contributed by atoms with E-state index in [-0.39, 0.29) is 29.6 Å². The predicted octanol–water partition coefficient (Wildman–Crippen LogP) is 0.630. The van der Waals surface area contributed by atoms with Gasteiger partial charge in [-0.2, -0.15) is 0 Å². The van der Waals surface area contributed by atoms with Gasteiger partial charge in [-0.3, -0.25) is 0 Å². The molecule has 0 spiro atoms. The standard InChI is InChI=1S/C13H24N2O4S/c1-13(2,3)19-12(16)15-6-5-14-11(8-15)10-4-7-20(17,18)9-10/h10-11,14H,4-9H2,1-3H3. The second kappa shape index (κ2) is 5.52. The van der Waals surface area contributed by atoms with E-state index in [2.05, 4.69) is 5.32 Å². The summed E-state index contributed by atoms with van der Waals surface area (Å²) < 4.78 is 28.5. The fourth-order valence-electron chi connectivity index (χ4n) is 2.73. The third kappa shape index (κ3) is 4.09. The van der Waals surface area contributed by atoms with Gasteiger partial charge >= 0.3 is 6.09 Å². The minimum atomic E-state index is -2.89. The SMILES string of the molecule is CC(C)(C)OC(=O)N1CCNC(C2CCS(=O)(=O)C2)C1. The lowest BCUT2D eigenvalue weighted by Gasteiger charge is -2.37. The molecule has 2 aliphatic heterocycles. The molecule has 2 rings (SSSR count). The van der Waals surface area contributed by atoms with Gasteiger partial charge in [-0.1, -0.05) is 0 Å². The normalized spacial score (nSPS) is 30.2. The van der Waals surface area contributed by atoms with Gasteiger partial charge in [0.05, 0.1) is 11.5 Å². The predicted molar refractivity (Wildman–Crippen MR) is 76.4 cm³/mol. The van der Waals surface area contributed by atoms with E-state index in [0.717, 1.165) is 0 Å². The van der Waals surface area contributed by atoms with Crippen molar-refractivity contribution in [2.75, 3.05) is 31.1 Å². The van der Waals surface area contributed by atoms with Gasteiger partial charge in [0.15, 0.2) is 9.84 Å². The molecule has 2 heterocycles. The molecule has 0 aliphatic carbocycles. The minimum absolute atomic E-state index is 0.0496. The van der Waals surface area contributed by atoms with Crippen molar-refractivity contribution >= 4 is 15.9 Å². The van der Waals surface area contributed by atoms with Gasteiger partial charge in [-0.25, -0.2) is 13.2 Å². The van der Waals surface area contributed by atoms with Crippen molar-refractivity contribution in [1.82, 2.24) is 10.2 Å². The minimum Gasteiger partial charge on any atom is -0.444 e. The van der Waals surface area contributed by atoms with Crippen LogP contribution in [0.1, 0.15) is 27.2 Å². The van der Waals surface area contributed by atoms with Crippen LogP contribution in [0.3, 0.4) is 0 Å². The smallest absolute Gasteiger partial charge is 0.410 e. The quantitative estimate of drug-likeness (QED) is 0.769. The zero-order chi connectivity index (χ0) is 15.0. The molecule has 2 saturated heterocycles. The number of hydrogen-bond donors (Lipinski definition) is 1. The van der Waals surface area contributed by atoms with Gasteiger partial charge in [0, 0.05) is 25.7 Å². The molecule has 2 fully saturated rings. The van der Waals surface area contributed by atoms with Crippen LogP contribution in [0.15, 0.2) is 0 Å². The van der Waals surface area contributed by atoms with Gasteiger partial charge < -0.3 is 15.0 Å². The molecule has 2 unspecified atom stereocenters. The maximum absolute atomic E-state index is 12.1. The van der Waals surface area contributed by atoms with E-state index in [9.17, 15) is 13.2 Å². The molecule has 116 valence electrons. The molecule has 7 heteroatoms. The highest BCUT2D eigenvalue weighted by Crippen LogP contribution is 2.24. The van der Waals surface area contributed by atoms with Crippen LogP contribution < -0.4 is 5.32 Å². The average Bonchev–Trinajstić information content (AvgIpc) is 2.68. The van der Waals surface area contributed by atoms with E-state index in [4.69, 9.17) is 4.74 Å². The van der Waals surface area contributed by atoms with E-state index in [1.807, 2.05) is 20.8 Å². The number of piperazine rings is 1. The molecule has 2 atom stereocenters. The summed E-state index contributed by atoms with van der Waals surface area (Å²) in [6.07, 6.45) is 0.368. The first-order chi connectivity index (χ1) is 9.16. The number of hydrogen-bond acceptors (Lipinski definition) is 5. The first kappa shape index (κ1) is 15.6. The largest absolute Gasteiger partial charge is 0.444 e. The molecule has 0 saturated carbocycles. The Balaban J connectivity index is 1.94. The number of carbonyl (C=O) groups excluding carboxylic acids is 1. The van der Waals surface area contributed by atoms with Crippen LogP contribution in [0, 0.1) is 5.92 Å². The summed E-state index contributed by atoms with van der Waals surface area (Å²) in [5, 5.41) is 3.33. The van der Waals surface area contributed by atoms with Crippen LogP contribution in [-0.2, 0) is 14.6 Å². The van der Waals surface area contributed by atoms with Crippen molar-refractivity contribution in [1.29, 1.82) is 0 Å². The van der Waals surface area contributed by atoms with E-state index in [1.165, 1.54) is 0 Å². The third-order valence-corrected chi connectivity index (χ3v) is 5.49. The van der Waals surface area contributed by atoms with Crippen LogP contribution in [-0.4, -0.2) is 62.2 Å². The summed E-state index contributed by atoms with van der Waals surface area (Å²) in [6, 6.07) is 0.0496. The van der Waals surface area contributed by atoms with Crippen molar-refractivity contribution in [2.45, 2.75) is 38.8 Å². The lowest BCUT2D eigenvalue weighted by molar-refractivity contribution is 0.0177. The topological polar surface area (TPSA) is 75.7 Å². The number of amides is 1. The van der Waals surface area contributed by atoms with Gasteiger partial charge in [-0.15, -0.1) is 0 Å². The molecule has 1 N–H and O–H groups in total. The second-order valence-corrected chi connectivity index (χ2v) is 8.88. The highest BCUT2D eigenvalue weighted by atomic mass is 32.2. The van der Waals surface area contributed by atoms with E-state index >= 15 is 0 Å². The Morgan fingerprint density at radius 1 is 1.35 bits per heavy atom. The van der Waals surface area contributed by atoms with Gasteiger partial charge in [0.2, 0.25) is 0 Å². The number of ether oxygens (including phenoxy) is 1. The van der Waals surface area contributed by atoms with Crippen molar-refractivity contribution < 1.29 is 17.9 Å². The fraction of sp³-hybridized carbons (Fsp3) is 0.923. The van der Waals surface area contributed by atoms with Crippen LogP contribution in [0.2, 0.25) is 0 Å². The highest BCUT2D eigenvalue weighted by Gasteiger charge is 2.37. The van der Waals surface area contributed by atoms with E-state index < -0.39 is 15.4 Å². The average molecular weight is 304 g/mol. The Morgan fingerprint density at radius 2 is 2.05 bits per heavy atom. The third-order valence-electron chi connectivity index (χ3n) is 3.69. The zero-order valence-corrected chi connectivity index (χ0v) is 13.2. The van der Waals surface area contributed by atoms with E-state index in [0.29, 0.717) is 26.1 Å². The number of sulfone groups is 1. The zero-order valence-electron chi connectivity index (χ0n) is 12.4. The number of nitrogens with zero attached hydrogens (tertiary/aromatic N) is 1. The Labute approximate surface area is 120 Å². The van der Waals surface area contributed by atoms with Gasteiger partial charge in [0.25, 0.3) is 0 Å². The summed E-state index contributed by atoms with van der Waals surface area (Å²) in [4.78, 5) is 13.7. The number of carbonyl (C=O) groups is 1. The molecule has 0 bridgehead atoms. The molecule has 20 heavy (non-hydrogen) atoms. The van der Waals surface area contributed by atoms with Crippen molar-refractivity contribution in [3.63, 3.8) is 0 Å². The van der Waals surface area contributed by atoms with Gasteiger partial charge in [-0.05, 0) is 33.1 Å². The Hall–Kier alpha value is -0.820. The summed E-state index contributed by atoms with van der Waals surface area (Å²) >= 11 is 0. The molecule has 2 aliphatic rings. The number of nitrogens with one attached hydrogen (secondary N) is 1. The molecule has 1 amide bonds. The summed E-state index contributed by atoms with van der Waals surface area (Å²) in [6.45, 7) is 7.33. The first-order valence-electron chi connectivity index (χ1n) is 7.08. The van der Waals surface area contributed by atoms with Crippen LogP contribution in [0.5, 0.6) is 0 Å². The van der Waals surface area contributed by atoms with Crippen LogP contribution in [0.25, 0.3) is 0 Å². The maximum Gasteiger partial charge on any atom is 0.410 e. The molecule has 0 aromatic heterocycles. The van der Waals surface area contributed by atoms with Gasteiger partial charge in [0.1, 0.15) is 5.60 Å². The van der Waals surface area contributed by atoms with Crippen LogP contribution in [0.4, 0.5) is 4.79 Å². The molecule has 0 aromatic carbocycles. The summed E-state index contributed by atoms with van der Waals surface area (Å²) in [5.41, 5.74) is -0.506. The fourth-order valence-corrected chi connectivity index (χ4v) is 4.61. The summed E-state index contributed by atoms with van der Waals surface area (Å²) in [7, 11) is -2.89. The monoisotopic (exact) mass is 304 g/mol. The Bertz CT molecular complexity index is 469.